The minimum atomic E-state index is -0.506. The molecule has 2 rings (SSSR count). The molecule has 23 heavy (non-hydrogen) atoms. The van der Waals surface area contributed by atoms with Crippen molar-refractivity contribution in [1.29, 1.82) is 0 Å². The number of carbonyl (C=O) groups is 2. The number of ether oxygens (including phenoxy) is 1. The van der Waals surface area contributed by atoms with Crippen LogP contribution in [0.4, 0.5) is 16.3 Å². The Balaban J connectivity index is 1.83. The van der Waals surface area contributed by atoms with E-state index in [1.54, 1.807) is 17.0 Å². The SMILES string of the molecule is CC(C)(C)OC(=O)N1CCC(C(=O)Nc2ccc(N)nc2)CC1. The number of piperidine rings is 1. The van der Waals surface area contributed by atoms with Crippen LogP contribution >= 0.6 is 0 Å². The van der Waals surface area contributed by atoms with Gasteiger partial charge in [-0.2, -0.15) is 0 Å². The van der Waals surface area contributed by atoms with Crippen molar-refractivity contribution in [3.63, 3.8) is 0 Å². The van der Waals surface area contributed by atoms with Crippen molar-refractivity contribution in [2.75, 3.05) is 24.1 Å². The summed E-state index contributed by atoms with van der Waals surface area (Å²) in [6, 6.07) is 3.36. The molecule has 7 nitrogen and oxygen atoms in total. The molecule has 3 N–H and O–H groups in total. The first-order valence-corrected chi connectivity index (χ1v) is 7.75. The third kappa shape index (κ3) is 5.12. The number of hydrogen-bond donors (Lipinski definition) is 2. The largest absolute Gasteiger partial charge is 0.444 e. The van der Waals surface area contributed by atoms with Gasteiger partial charge in [0.25, 0.3) is 0 Å². The average Bonchev–Trinajstić information content (AvgIpc) is 2.48. The summed E-state index contributed by atoms with van der Waals surface area (Å²) >= 11 is 0. The highest BCUT2D eigenvalue weighted by atomic mass is 16.6. The highest BCUT2D eigenvalue weighted by Crippen LogP contribution is 2.21. The number of nitrogens with two attached hydrogens (primary N) is 1. The normalized spacial score (nSPS) is 16.0. The predicted molar refractivity (Wildman–Crippen MR) is 87.8 cm³/mol. The van der Waals surface area contributed by atoms with Gasteiger partial charge in [-0.1, -0.05) is 0 Å². The molecule has 1 aromatic heterocycles. The van der Waals surface area contributed by atoms with Gasteiger partial charge in [0, 0.05) is 19.0 Å². The molecule has 0 unspecified atom stereocenters. The lowest BCUT2D eigenvalue weighted by atomic mass is 9.96. The summed E-state index contributed by atoms with van der Waals surface area (Å²) in [7, 11) is 0. The van der Waals surface area contributed by atoms with E-state index in [1.807, 2.05) is 20.8 Å². The first-order valence-electron chi connectivity index (χ1n) is 7.75. The van der Waals surface area contributed by atoms with E-state index in [0.29, 0.717) is 37.4 Å². The number of likely N-dealkylation sites (tertiary alicyclic amines) is 1. The van der Waals surface area contributed by atoms with Crippen LogP contribution in [-0.4, -0.2) is 40.6 Å². The van der Waals surface area contributed by atoms with E-state index in [2.05, 4.69) is 10.3 Å². The van der Waals surface area contributed by atoms with Gasteiger partial charge in [0.15, 0.2) is 0 Å². The van der Waals surface area contributed by atoms with E-state index < -0.39 is 5.60 Å². The number of hydrogen-bond acceptors (Lipinski definition) is 5. The molecule has 0 bridgehead atoms. The van der Waals surface area contributed by atoms with Gasteiger partial charge in [-0.15, -0.1) is 0 Å². The second-order valence-electron chi connectivity index (χ2n) is 6.70. The first kappa shape index (κ1) is 17.1. The lowest BCUT2D eigenvalue weighted by molar-refractivity contribution is -0.121. The summed E-state index contributed by atoms with van der Waals surface area (Å²) in [4.78, 5) is 29.8. The van der Waals surface area contributed by atoms with E-state index >= 15 is 0 Å². The Hall–Kier alpha value is -2.31. The zero-order chi connectivity index (χ0) is 17.0. The minimum Gasteiger partial charge on any atom is -0.444 e. The van der Waals surface area contributed by atoms with Crippen LogP contribution in [0, 0.1) is 5.92 Å². The molecule has 7 heteroatoms. The molecule has 2 amide bonds. The van der Waals surface area contributed by atoms with Crippen molar-refractivity contribution in [3.05, 3.63) is 18.3 Å². The maximum Gasteiger partial charge on any atom is 0.410 e. The molecule has 0 saturated carbocycles. The molecular weight excluding hydrogens is 296 g/mol. The zero-order valence-electron chi connectivity index (χ0n) is 13.8. The smallest absolute Gasteiger partial charge is 0.410 e. The number of nitrogen functional groups attached to an aromatic ring is 1. The second kappa shape index (κ2) is 6.85. The van der Waals surface area contributed by atoms with E-state index in [4.69, 9.17) is 10.5 Å². The van der Waals surface area contributed by atoms with Crippen molar-refractivity contribution < 1.29 is 14.3 Å². The maximum atomic E-state index is 12.3. The highest BCUT2D eigenvalue weighted by Gasteiger charge is 2.29. The summed E-state index contributed by atoms with van der Waals surface area (Å²) in [5.74, 6) is 0.236. The molecule has 1 aliphatic heterocycles. The van der Waals surface area contributed by atoms with Gasteiger partial charge in [0.2, 0.25) is 5.91 Å². The van der Waals surface area contributed by atoms with E-state index in [9.17, 15) is 9.59 Å². The lowest BCUT2D eigenvalue weighted by Gasteiger charge is -2.32. The third-order valence-electron chi connectivity index (χ3n) is 3.57. The van der Waals surface area contributed by atoms with Gasteiger partial charge in [-0.3, -0.25) is 4.79 Å². The minimum absolute atomic E-state index is 0.0552. The molecule has 1 saturated heterocycles. The molecule has 1 aromatic rings. The quantitative estimate of drug-likeness (QED) is 0.871. The van der Waals surface area contributed by atoms with Crippen LogP contribution in [0.3, 0.4) is 0 Å². The number of carbonyl (C=O) groups excluding carboxylic acids is 2. The Morgan fingerprint density at radius 2 is 1.96 bits per heavy atom. The summed E-state index contributed by atoms with van der Waals surface area (Å²) in [6.07, 6.45) is 2.45. The second-order valence-corrected chi connectivity index (χ2v) is 6.70. The number of rotatable bonds is 2. The number of aromatic nitrogens is 1. The fraction of sp³-hybridized carbons (Fsp3) is 0.562. The van der Waals surface area contributed by atoms with Crippen molar-refractivity contribution in [1.82, 2.24) is 9.88 Å². The molecule has 0 aliphatic carbocycles. The van der Waals surface area contributed by atoms with Crippen molar-refractivity contribution in [3.8, 4) is 0 Å². The Kier molecular flexibility index (Phi) is 5.08. The zero-order valence-corrected chi connectivity index (χ0v) is 13.8. The third-order valence-corrected chi connectivity index (χ3v) is 3.57. The van der Waals surface area contributed by atoms with Crippen molar-refractivity contribution >= 4 is 23.5 Å². The van der Waals surface area contributed by atoms with Crippen LogP contribution in [0.1, 0.15) is 33.6 Å². The number of amides is 2. The molecule has 0 aromatic carbocycles. The van der Waals surface area contributed by atoms with Crippen molar-refractivity contribution in [2.24, 2.45) is 5.92 Å². The fourth-order valence-electron chi connectivity index (χ4n) is 2.37. The van der Waals surface area contributed by atoms with Gasteiger partial charge >= 0.3 is 6.09 Å². The van der Waals surface area contributed by atoms with Gasteiger partial charge < -0.3 is 20.7 Å². The molecule has 0 spiro atoms. The molecule has 1 aliphatic rings. The predicted octanol–water partition coefficient (Wildman–Crippen LogP) is 2.25. The number of nitrogens with one attached hydrogen (secondary N) is 1. The highest BCUT2D eigenvalue weighted by molar-refractivity contribution is 5.92. The van der Waals surface area contributed by atoms with Crippen LogP contribution in [0.5, 0.6) is 0 Å². The van der Waals surface area contributed by atoms with Crippen LogP contribution < -0.4 is 11.1 Å². The van der Waals surface area contributed by atoms with Crippen molar-refractivity contribution in [2.45, 2.75) is 39.2 Å². The lowest BCUT2D eigenvalue weighted by Crippen LogP contribution is -2.43. The molecule has 0 atom stereocenters. The topological polar surface area (TPSA) is 97.5 Å². The van der Waals surface area contributed by atoms with Gasteiger partial charge in [-0.25, -0.2) is 9.78 Å². The maximum absolute atomic E-state index is 12.3. The summed E-state index contributed by atoms with van der Waals surface area (Å²) in [5.41, 5.74) is 5.63. The van der Waals surface area contributed by atoms with Gasteiger partial charge in [-0.05, 0) is 45.7 Å². The van der Waals surface area contributed by atoms with E-state index in [0.717, 1.165) is 0 Å². The van der Waals surface area contributed by atoms with Crippen LogP contribution in [0.2, 0.25) is 0 Å². The average molecular weight is 320 g/mol. The molecule has 126 valence electrons. The van der Waals surface area contributed by atoms with E-state index in [-0.39, 0.29) is 17.9 Å². The Morgan fingerprint density at radius 1 is 1.30 bits per heavy atom. The van der Waals surface area contributed by atoms with E-state index in [1.165, 1.54) is 6.20 Å². The number of nitrogens with zero attached hydrogens (tertiary/aromatic N) is 2. The number of pyridine rings is 1. The Labute approximate surface area is 136 Å². The summed E-state index contributed by atoms with van der Waals surface area (Å²) < 4.78 is 5.35. The summed E-state index contributed by atoms with van der Waals surface area (Å²) in [5, 5.41) is 2.83. The molecule has 1 fully saturated rings. The molecular formula is C16H24N4O3. The monoisotopic (exact) mass is 320 g/mol. The standard InChI is InChI=1S/C16H24N4O3/c1-16(2,3)23-15(22)20-8-6-11(7-9-20)14(21)19-12-4-5-13(17)18-10-12/h4-5,10-11H,6-9H2,1-3H3,(H2,17,18)(H,19,21). The number of anilines is 2. The first-order chi connectivity index (χ1) is 10.7. The fourth-order valence-corrected chi connectivity index (χ4v) is 2.37. The molecule has 0 radical (unpaired) electrons. The van der Waals surface area contributed by atoms with Crippen LogP contribution in [0.25, 0.3) is 0 Å². The summed E-state index contributed by atoms with van der Waals surface area (Å²) in [6.45, 7) is 6.56. The van der Waals surface area contributed by atoms with Gasteiger partial charge in [0.05, 0.1) is 11.9 Å². The molecule has 2 heterocycles. The Morgan fingerprint density at radius 3 is 2.48 bits per heavy atom. The van der Waals surface area contributed by atoms with Crippen LogP contribution in [-0.2, 0) is 9.53 Å². The Bertz CT molecular complexity index is 558. The van der Waals surface area contributed by atoms with Gasteiger partial charge in [0.1, 0.15) is 11.4 Å². The van der Waals surface area contributed by atoms with Crippen LogP contribution in [0.15, 0.2) is 18.3 Å².